The van der Waals surface area contributed by atoms with Crippen LogP contribution in [0.15, 0.2) is 18.2 Å². The predicted molar refractivity (Wildman–Crippen MR) is 82.4 cm³/mol. The summed E-state index contributed by atoms with van der Waals surface area (Å²) in [6, 6.07) is 6.65. The van der Waals surface area contributed by atoms with E-state index in [9.17, 15) is 0 Å². The third-order valence-corrected chi connectivity index (χ3v) is 4.47. The molecule has 1 atom stereocenters. The summed E-state index contributed by atoms with van der Waals surface area (Å²) < 4.78 is 10.6. The van der Waals surface area contributed by atoms with Crippen molar-refractivity contribution in [2.45, 2.75) is 52.1 Å². The Kier molecular flexibility index (Phi) is 4.92. The van der Waals surface area contributed by atoms with Gasteiger partial charge < -0.3 is 14.8 Å². The van der Waals surface area contributed by atoms with Gasteiger partial charge in [0.15, 0.2) is 0 Å². The van der Waals surface area contributed by atoms with Gasteiger partial charge >= 0.3 is 0 Å². The lowest BCUT2D eigenvalue weighted by molar-refractivity contribution is 0.166. The molecule has 2 rings (SSSR count). The molecule has 3 heteroatoms. The number of hydrogen-bond acceptors (Lipinski definition) is 3. The molecule has 1 aliphatic carbocycles. The van der Waals surface area contributed by atoms with Crippen molar-refractivity contribution < 1.29 is 9.47 Å². The van der Waals surface area contributed by atoms with Crippen LogP contribution in [0.1, 0.15) is 45.1 Å². The Labute approximate surface area is 122 Å². The van der Waals surface area contributed by atoms with Gasteiger partial charge in [-0.2, -0.15) is 0 Å². The lowest BCUT2D eigenvalue weighted by Gasteiger charge is -2.39. The molecule has 3 nitrogen and oxygen atoms in total. The Morgan fingerprint density at radius 2 is 1.75 bits per heavy atom. The summed E-state index contributed by atoms with van der Waals surface area (Å²) >= 11 is 0. The Morgan fingerprint density at radius 3 is 2.30 bits per heavy atom. The molecule has 0 spiro atoms. The monoisotopic (exact) mass is 277 g/mol. The molecule has 0 amide bonds. The van der Waals surface area contributed by atoms with Gasteiger partial charge in [-0.05, 0) is 36.0 Å². The summed E-state index contributed by atoms with van der Waals surface area (Å²) in [5.41, 5.74) is 1.60. The van der Waals surface area contributed by atoms with Crippen LogP contribution in [0.4, 0.5) is 0 Å². The van der Waals surface area contributed by atoms with Crippen LogP contribution < -0.4 is 14.8 Å². The summed E-state index contributed by atoms with van der Waals surface area (Å²) in [5, 5.41) is 3.72. The zero-order valence-electron chi connectivity index (χ0n) is 13.2. The second kappa shape index (κ2) is 6.49. The maximum Gasteiger partial charge on any atom is 0.122 e. The molecule has 1 fully saturated rings. The maximum atomic E-state index is 5.32. The number of benzene rings is 1. The van der Waals surface area contributed by atoms with Gasteiger partial charge in [0.25, 0.3) is 0 Å². The molecule has 1 aromatic rings. The first-order valence-corrected chi connectivity index (χ1v) is 7.50. The van der Waals surface area contributed by atoms with Crippen LogP contribution in [0, 0.1) is 5.41 Å². The van der Waals surface area contributed by atoms with Crippen molar-refractivity contribution in [3.8, 4) is 11.5 Å². The highest BCUT2D eigenvalue weighted by atomic mass is 16.5. The van der Waals surface area contributed by atoms with E-state index in [1.165, 1.54) is 31.2 Å². The summed E-state index contributed by atoms with van der Waals surface area (Å²) in [6.45, 7) is 5.60. The van der Waals surface area contributed by atoms with Crippen LogP contribution in [0.25, 0.3) is 0 Å². The molecule has 0 heterocycles. The van der Waals surface area contributed by atoms with E-state index in [4.69, 9.17) is 9.47 Å². The SMILES string of the molecule is COc1cc(CNC2CCCCC2(C)C)cc(OC)c1. The lowest BCUT2D eigenvalue weighted by Crippen LogP contribution is -2.43. The highest BCUT2D eigenvalue weighted by molar-refractivity contribution is 5.38. The molecule has 0 aromatic heterocycles. The normalized spacial score (nSPS) is 21.5. The molecule has 1 unspecified atom stereocenters. The average Bonchev–Trinajstić information content (AvgIpc) is 2.45. The maximum absolute atomic E-state index is 5.32. The Bertz CT molecular complexity index is 420. The van der Waals surface area contributed by atoms with Gasteiger partial charge in [-0.15, -0.1) is 0 Å². The molecular formula is C17H27NO2. The molecule has 0 saturated heterocycles. The van der Waals surface area contributed by atoms with Gasteiger partial charge in [-0.3, -0.25) is 0 Å². The zero-order chi connectivity index (χ0) is 14.6. The molecule has 1 aromatic carbocycles. The Morgan fingerprint density at radius 1 is 1.10 bits per heavy atom. The van der Waals surface area contributed by atoms with Crippen LogP contribution in [0.3, 0.4) is 0 Å². The minimum atomic E-state index is 0.390. The van der Waals surface area contributed by atoms with Crippen molar-refractivity contribution >= 4 is 0 Å². The highest BCUT2D eigenvalue weighted by Crippen LogP contribution is 2.35. The van der Waals surface area contributed by atoms with Crippen LogP contribution in [0.5, 0.6) is 11.5 Å². The number of nitrogens with one attached hydrogen (secondary N) is 1. The van der Waals surface area contributed by atoms with E-state index >= 15 is 0 Å². The van der Waals surface area contributed by atoms with Crippen molar-refractivity contribution in [1.29, 1.82) is 0 Å². The minimum Gasteiger partial charge on any atom is -0.497 e. The van der Waals surface area contributed by atoms with Crippen LogP contribution >= 0.6 is 0 Å². The largest absolute Gasteiger partial charge is 0.497 e. The van der Waals surface area contributed by atoms with Crippen molar-refractivity contribution in [2.24, 2.45) is 5.41 Å². The number of methoxy groups -OCH3 is 2. The smallest absolute Gasteiger partial charge is 0.122 e. The molecular weight excluding hydrogens is 250 g/mol. The van der Waals surface area contributed by atoms with E-state index in [1.54, 1.807) is 14.2 Å². The van der Waals surface area contributed by atoms with Gasteiger partial charge in [-0.1, -0.05) is 26.7 Å². The van der Waals surface area contributed by atoms with E-state index < -0.39 is 0 Å². The fourth-order valence-electron chi connectivity index (χ4n) is 3.08. The molecule has 0 radical (unpaired) electrons. The quantitative estimate of drug-likeness (QED) is 0.889. The van der Waals surface area contributed by atoms with E-state index in [2.05, 4.69) is 31.3 Å². The van der Waals surface area contributed by atoms with Gasteiger partial charge in [0.2, 0.25) is 0 Å². The Balaban J connectivity index is 2.02. The summed E-state index contributed by atoms with van der Waals surface area (Å²) in [5.74, 6) is 1.70. The van der Waals surface area contributed by atoms with E-state index in [0.717, 1.165) is 18.0 Å². The highest BCUT2D eigenvalue weighted by Gasteiger charge is 2.31. The standard InChI is InChI=1S/C17H27NO2/c1-17(2)8-6-5-7-16(17)18-12-13-9-14(19-3)11-15(10-13)20-4/h9-11,16,18H,5-8,12H2,1-4H3. The van der Waals surface area contributed by atoms with Gasteiger partial charge in [0, 0.05) is 18.7 Å². The number of rotatable bonds is 5. The summed E-state index contributed by atoms with van der Waals surface area (Å²) in [6.07, 6.45) is 5.28. The third kappa shape index (κ3) is 3.66. The molecule has 1 N–H and O–H groups in total. The third-order valence-electron chi connectivity index (χ3n) is 4.47. The fourth-order valence-corrected chi connectivity index (χ4v) is 3.08. The second-order valence-electron chi connectivity index (χ2n) is 6.39. The Hall–Kier alpha value is -1.22. The van der Waals surface area contributed by atoms with Crippen LogP contribution in [-0.4, -0.2) is 20.3 Å². The topological polar surface area (TPSA) is 30.5 Å². The van der Waals surface area contributed by atoms with E-state index in [-0.39, 0.29) is 0 Å². The molecule has 1 saturated carbocycles. The number of hydrogen-bond donors (Lipinski definition) is 1. The number of ether oxygens (including phenoxy) is 2. The van der Waals surface area contributed by atoms with Crippen LogP contribution in [0.2, 0.25) is 0 Å². The second-order valence-corrected chi connectivity index (χ2v) is 6.39. The van der Waals surface area contributed by atoms with Gasteiger partial charge in [-0.25, -0.2) is 0 Å². The van der Waals surface area contributed by atoms with Crippen molar-refractivity contribution in [2.75, 3.05) is 14.2 Å². The predicted octanol–water partition coefficient (Wildman–Crippen LogP) is 3.76. The first-order valence-electron chi connectivity index (χ1n) is 7.50. The van der Waals surface area contributed by atoms with Crippen molar-refractivity contribution in [3.05, 3.63) is 23.8 Å². The van der Waals surface area contributed by atoms with E-state index in [1.807, 2.05) is 6.07 Å². The lowest BCUT2D eigenvalue weighted by atomic mass is 9.73. The first-order chi connectivity index (χ1) is 9.55. The molecule has 20 heavy (non-hydrogen) atoms. The fraction of sp³-hybridized carbons (Fsp3) is 0.647. The van der Waals surface area contributed by atoms with Crippen molar-refractivity contribution in [3.63, 3.8) is 0 Å². The van der Waals surface area contributed by atoms with Crippen LogP contribution in [-0.2, 0) is 6.54 Å². The summed E-state index contributed by atoms with van der Waals surface area (Å²) in [7, 11) is 3.38. The first kappa shape index (κ1) is 15.2. The average molecular weight is 277 g/mol. The van der Waals surface area contributed by atoms with Gasteiger partial charge in [0.05, 0.1) is 14.2 Å². The van der Waals surface area contributed by atoms with Gasteiger partial charge in [0.1, 0.15) is 11.5 Å². The molecule has 0 aliphatic heterocycles. The summed E-state index contributed by atoms with van der Waals surface area (Å²) in [4.78, 5) is 0. The molecule has 1 aliphatic rings. The van der Waals surface area contributed by atoms with E-state index in [0.29, 0.717) is 11.5 Å². The zero-order valence-corrected chi connectivity index (χ0v) is 13.2. The molecule has 0 bridgehead atoms. The molecule has 112 valence electrons. The minimum absolute atomic E-state index is 0.390. The van der Waals surface area contributed by atoms with Crippen molar-refractivity contribution in [1.82, 2.24) is 5.32 Å².